The van der Waals surface area contributed by atoms with E-state index >= 15 is 0 Å². The Kier molecular flexibility index (Phi) is 4.27. The lowest BCUT2D eigenvalue weighted by molar-refractivity contribution is 0.318. The minimum Gasteiger partial charge on any atom is -0.507 e. The molecular weight excluding hydrogens is 267 g/mol. The number of hydrogen-bond acceptors (Lipinski definition) is 2. The smallest absolute Gasteiger partial charge is 0.145 e. The standard InChI is InChI=1S/C15H14ClFO2/c1-2-7-19-15-6-4-3-5-10(15)11-8-12(16)13(17)9-14(11)18/h3-6,8-9,18H,2,7H2,1H3. The van der Waals surface area contributed by atoms with Crippen molar-refractivity contribution in [1.82, 2.24) is 0 Å². The van der Waals surface area contributed by atoms with Crippen molar-refractivity contribution in [2.45, 2.75) is 13.3 Å². The van der Waals surface area contributed by atoms with Crippen LogP contribution in [0.1, 0.15) is 13.3 Å². The molecule has 2 aromatic carbocycles. The Morgan fingerprint density at radius 3 is 2.68 bits per heavy atom. The van der Waals surface area contributed by atoms with Gasteiger partial charge in [0.1, 0.15) is 17.3 Å². The Bertz CT molecular complexity index is 584. The van der Waals surface area contributed by atoms with E-state index in [1.54, 1.807) is 6.07 Å². The maximum absolute atomic E-state index is 13.3. The minimum absolute atomic E-state index is 0.0295. The maximum atomic E-state index is 13.3. The highest BCUT2D eigenvalue weighted by molar-refractivity contribution is 6.31. The average molecular weight is 281 g/mol. The maximum Gasteiger partial charge on any atom is 0.145 e. The van der Waals surface area contributed by atoms with E-state index in [4.69, 9.17) is 16.3 Å². The van der Waals surface area contributed by atoms with Crippen LogP contribution in [0.5, 0.6) is 11.5 Å². The van der Waals surface area contributed by atoms with E-state index in [1.165, 1.54) is 6.07 Å². The van der Waals surface area contributed by atoms with Crippen molar-refractivity contribution in [3.63, 3.8) is 0 Å². The molecule has 0 atom stereocenters. The van der Waals surface area contributed by atoms with Gasteiger partial charge in [0.15, 0.2) is 0 Å². The van der Waals surface area contributed by atoms with E-state index in [0.717, 1.165) is 12.5 Å². The molecule has 0 radical (unpaired) electrons. The predicted molar refractivity (Wildman–Crippen MR) is 74.3 cm³/mol. The van der Waals surface area contributed by atoms with Crippen LogP contribution in [0.3, 0.4) is 0 Å². The Morgan fingerprint density at radius 1 is 1.21 bits per heavy atom. The number of benzene rings is 2. The Labute approximate surface area is 116 Å². The van der Waals surface area contributed by atoms with Crippen LogP contribution in [0.15, 0.2) is 36.4 Å². The zero-order valence-electron chi connectivity index (χ0n) is 10.5. The number of para-hydroxylation sites is 1. The van der Waals surface area contributed by atoms with Crippen molar-refractivity contribution >= 4 is 11.6 Å². The molecule has 0 fully saturated rings. The summed E-state index contributed by atoms with van der Waals surface area (Å²) in [5.74, 6) is -0.161. The van der Waals surface area contributed by atoms with Crippen LogP contribution in [0.2, 0.25) is 5.02 Å². The van der Waals surface area contributed by atoms with Gasteiger partial charge in [-0.3, -0.25) is 0 Å². The molecule has 0 unspecified atom stereocenters. The fourth-order valence-electron chi connectivity index (χ4n) is 1.78. The van der Waals surface area contributed by atoms with Crippen molar-refractivity contribution < 1.29 is 14.2 Å². The van der Waals surface area contributed by atoms with Crippen LogP contribution in [-0.4, -0.2) is 11.7 Å². The highest BCUT2D eigenvalue weighted by Crippen LogP contribution is 2.38. The lowest BCUT2D eigenvalue weighted by Gasteiger charge is -2.12. The first-order valence-corrected chi connectivity index (χ1v) is 6.41. The van der Waals surface area contributed by atoms with E-state index in [1.807, 2.05) is 25.1 Å². The molecule has 0 amide bonds. The second-order valence-electron chi connectivity index (χ2n) is 4.13. The van der Waals surface area contributed by atoms with Gasteiger partial charge in [0, 0.05) is 17.2 Å². The fraction of sp³-hybridized carbons (Fsp3) is 0.200. The molecule has 0 aliphatic carbocycles. The van der Waals surface area contributed by atoms with Crippen molar-refractivity contribution in [2.75, 3.05) is 6.61 Å². The summed E-state index contributed by atoms with van der Waals surface area (Å²) in [4.78, 5) is 0. The number of rotatable bonds is 4. The van der Waals surface area contributed by atoms with Gasteiger partial charge >= 0.3 is 0 Å². The summed E-state index contributed by atoms with van der Waals surface area (Å²) in [5, 5.41) is 9.84. The summed E-state index contributed by atoms with van der Waals surface area (Å²) < 4.78 is 18.9. The van der Waals surface area contributed by atoms with Gasteiger partial charge in [-0.05, 0) is 18.6 Å². The fourth-order valence-corrected chi connectivity index (χ4v) is 1.94. The highest BCUT2D eigenvalue weighted by Gasteiger charge is 2.13. The Morgan fingerprint density at radius 2 is 1.95 bits per heavy atom. The predicted octanol–water partition coefficient (Wildman–Crippen LogP) is 4.64. The number of ether oxygens (including phenoxy) is 1. The van der Waals surface area contributed by atoms with Gasteiger partial charge in [-0.1, -0.05) is 36.7 Å². The summed E-state index contributed by atoms with van der Waals surface area (Å²) in [5.41, 5.74) is 1.15. The van der Waals surface area contributed by atoms with Gasteiger partial charge in [-0.2, -0.15) is 0 Å². The molecule has 19 heavy (non-hydrogen) atoms. The Hall–Kier alpha value is -1.74. The third kappa shape index (κ3) is 2.99. The molecule has 0 bridgehead atoms. The summed E-state index contributed by atoms with van der Waals surface area (Å²) in [6, 6.07) is 9.69. The van der Waals surface area contributed by atoms with Crippen molar-refractivity contribution in [3.8, 4) is 22.6 Å². The molecule has 0 aliphatic heterocycles. The van der Waals surface area contributed by atoms with Crippen LogP contribution in [-0.2, 0) is 0 Å². The van der Waals surface area contributed by atoms with E-state index in [9.17, 15) is 9.50 Å². The van der Waals surface area contributed by atoms with E-state index in [2.05, 4.69) is 0 Å². The van der Waals surface area contributed by atoms with Crippen molar-refractivity contribution in [1.29, 1.82) is 0 Å². The van der Waals surface area contributed by atoms with Crippen LogP contribution in [0.4, 0.5) is 4.39 Å². The van der Waals surface area contributed by atoms with Gasteiger partial charge in [-0.15, -0.1) is 0 Å². The average Bonchev–Trinajstić information content (AvgIpc) is 2.41. The lowest BCUT2D eigenvalue weighted by Crippen LogP contribution is -1.97. The lowest BCUT2D eigenvalue weighted by atomic mass is 10.0. The number of hydrogen-bond donors (Lipinski definition) is 1. The summed E-state index contributed by atoms with van der Waals surface area (Å²) in [7, 11) is 0. The van der Waals surface area contributed by atoms with E-state index in [-0.39, 0.29) is 10.8 Å². The zero-order valence-corrected chi connectivity index (χ0v) is 11.2. The summed E-state index contributed by atoms with van der Waals surface area (Å²) >= 11 is 5.77. The second-order valence-corrected chi connectivity index (χ2v) is 4.54. The second kappa shape index (κ2) is 5.93. The molecular formula is C15H14ClFO2. The Balaban J connectivity index is 2.49. The monoisotopic (exact) mass is 280 g/mol. The van der Waals surface area contributed by atoms with Gasteiger partial charge in [0.05, 0.1) is 11.6 Å². The first-order valence-electron chi connectivity index (χ1n) is 6.03. The number of phenols is 1. The molecule has 1 N–H and O–H groups in total. The molecule has 0 saturated carbocycles. The largest absolute Gasteiger partial charge is 0.507 e. The first-order chi connectivity index (χ1) is 9.13. The number of halogens is 2. The highest BCUT2D eigenvalue weighted by atomic mass is 35.5. The van der Waals surface area contributed by atoms with Crippen LogP contribution in [0, 0.1) is 5.82 Å². The molecule has 2 nitrogen and oxygen atoms in total. The third-order valence-electron chi connectivity index (χ3n) is 2.68. The first kappa shape index (κ1) is 13.7. The van der Waals surface area contributed by atoms with Crippen molar-refractivity contribution in [3.05, 3.63) is 47.2 Å². The van der Waals surface area contributed by atoms with Gasteiger partial charge in [0.2, 0.25) is 0 Å². The van der Waals surface area contributed by atoms with Gasteiger partial charge < -0.3 is 9.84 Å². The summed E-state index contributed by atoms with van der Waals surface area (Å²) in [6.07, 6.45) is 0.879. The number of phenolic OH excluding ortho intramolecular Hbond substituents is 1. The molecule has 2 rings (SSSR count). The molecule has 0 aromatic heterocycles. The molecule has 0 heterocycles. The molecule has 2 aromatic rings. The SMILES string of the molecule is CCCOc1ccccc1-c1cc(Cl)c(F)cc1O. The van der Waals surface area contributed by atoms with Crippen LogP contribution < -0.4 is 4.74 Å². The topological polar surface area (TPSA) is 29.5 Å². The summed E-state index contributed by atoms with van der Waals surface area (Å²) in [6.45, 7) is 2.58. The van der Waals surface area contributed by atoms with Crippen LogP contribution >= 0.6 is 11.6 Å². The molecule has 0 aliphatic rings. The third-order valence-corrected chi connectivity index (χ3v) is 2.97. The molecule has 4 heteroatoms. The van der Waals surface area contributed by atoms with E-state index in [0.29, 0.717) is 23.5 Å². The molecule has 0 saturated heterocycles. The minimum atomic E-state index is -0.644. The quantitative estimate of drug-likeness (QED) is 0.884. The van der Waals surface area contributed by atoms with Gasteiger partial charge in [0.25, 0.3) is 0 Å². The van der Waals surface area contributed by atoms with E-state index < -0.39 is 5.82 Å². The zero-order chi connectivity index (χ0) is 13.8. The number of aromatic hydroxyl groups is 1. The van der Waals surface area contributed by atoms with Gasteiger partial charge in [-0.25, -0.2) is 4.39 Å². The normalized spacial score (nSPS) is 10.5. The van der Waals surface area contributed by atoms with Crippen molar-refractivity contribution in [2.24, 2.45) is 0 Å². The molecule has 100 valence electrons. The molecule has 0 spiro atoms. The van der Waals surface area contributed by atoms with Crippen LogP contribution in [0.25, 0.3) is 11.1 Å².